The van der Waals surface area contributed by atoms with E-state index in [0.717, 1.165) is 23.0 Å². The van der Waals surface area contributed by atoms with Crippen molar-refractivity contribution in [1.82, 2.24) is 19.6 Å². The van der Waals surface area contributed by atoms with Crippen LogP contribution in [0.2, 0.25) is 0 Å². The Kier molecular flexibility index (Phi) is 56.5. The van der Waals surface area contributed by atoms with Crippen molar-refractivity contribution in [2.75, 3.05) is 143 Å². The minimum absolute atomic E-state index is 0.0243. The zero-order valence-electron chi connectivity index (χ0n) is 54.5. The van der Waals surface area contributed by atoms with E-state index >= 15 is 0 Å². The van der Waals surface area contributed by atoms with E-state index in [2.05, 4.69) is 33.4 Å². The molecule has 0 aliphatic carbocycles. The zero-order valence-corrected chi connectivity index (χ0v) is 56.1. The number of nitrogens with zero attached hydrogens (tertiary/aromatic N) is 4. The Balaban J connectivity index is 4.66. The molecule has 0 heterocycles. The number of hydrogen-bond acceptors (Lipinski definition) is 18. The molecular weight excluding hydrogens is 1090 g/mol. The maximum atomic E-state index is 12.6. The van der Waals surface area contributed by atoms with Gasteiger partial charge in [0.05, 0.1) is 37.0 Å². The second-order valence-electron chi connectivity index (χ2n) is 23.2. The van der Waals surface area contributed by atoms with E-state index in [1.54, 1.807) is 30.4 Å². The summed E-state index contributed by atoms with van der Waals surface area (Å²) in [5.74, 6) is 1.09. The number of unbranched alkanes of at least 4 members (excludes halogenated alkanes) is 22. The molecule has 0 N–H and O–H groups in total. The summed E-state index contributed by atoms with van der Waals surface area (Å²) in [5, 5.41) is 0. The van der Waals surface area contributed by atoms with E-state index in [4.69, 9.17) is 28.4 Å². The van der Waals surface area contributed by atoms with E-state index in [1.807, 2.05) is 41.9 Å². The van der Waals surface area contributed by atoms with Crippen molar-refractivity contribution in [1.29, 1.82) is 0 Å². The van der Waals surface area contributed by atoms with Crippen molar-refractivity contribution in [2.45, 2.75) is 221 Å². The summed E-state index contributed by atoms with van der Waals surface area (Å²) in [6.45, 7) is 17.9. The van der Waals surface area contributed by atoms with E-state index in [1.165, 1.54) is 154 Å². The molecule has 0 aliphatic rings. The summed E-state index contributed by atoms with van der Waals surface area (Å²) in [5.41, 5.74) is 0. The summed E-state index contributed by atoms with van der Waals surface area (Å²) < 4.78 is 32.1. The van der Waals surface area contributed by atoms with Gasteiger partial charge in [0.2, 0.25) is 0 Å². The van der Waals surface area contributed by atoms with Crippen LogP contribution in [0.5, 0.6) is 0 Å². The molecule has 0 rings (SSSR count). The second-order valence-corrected chi connectivity index (χ2v) is 25.5. The van der Waals surface area contributed by atoms with Gasteiger partial charge in [0.15, 0.2) is 0 Å². The smallest absolute Gasteiger partial charge is 0.309 e. The number of rotatable bonds is 61. The van der Waals surface area contributed by atoms with Gasteiger partial charge in [-0.3, -0.25) is 33.7 Å². The van der Waals surface area contributed by atoms with Crippen molar-refractivity contribution in [3.63, 3.8) is 0 Å². The molecule has 18 heteroatoms. The van der Waals surface area contributed by atoms with Gasteiger partial charge in [-0.15, -0.1) is 0 Å². The van der Waals surface area contributed by atoms with Gasteiger partial charge in [0.25, 0.3) is 0 Å². The average Bonchev–Trinajstić information content (AvgIpc) is 3.48. The van der Waals surface area contributed by atoms with Gasteiger partial charge in [-0.25, -0.2) is 0 Å². The quantitative estimate of drug-likeness (QED) is 0.0320. The predicted octanol–water partition coefficient (Wildman–Crippen LogP) is 12.7. The molecule has 0 saturated carbocycles. The molecule has 83 heavy (non-hydrogen) atoms. The molecule has 0 spiro atoms. The Labute approximate surface area is 515 Å². The minimum atomic E-state index is -0.352. The van der Waals surface area contributed by atoms with Gasteiger partial charge < -0.3 is 43.1 Å². The third-order valence-electron chi connectivity index (χ3n) is 15.1. The molecule has 0 fully saturated rings. The molecule has 16 nitrogen and oxygen atoms in total. The van der Waals surface area contributed by atoms with Crippen LogP contribution in [0, 0.1) is 17.8 Å². The molecule has 3 atom stereocenters. The van der Waals surface area contributed by atoms with Crippen LogP contribution in [0.3, 0.4) is 0 Å². The molecule has 0 aromatic rings. The van der Waals surface area contributed by atoms with Crippen molar-refractivity contribution < 1.29 is 57.2 Å². The highest BCUT2D eigenvalue weighted by Gasteiger charge is 2.18. The maximum absolute atomic E-state index is 12.6. The minimum Gasteiger partial charge on any atom is -0.462 e. The summed E-state index contributed by atoms with van der Waals surface area (Å²) in [7, 11) is 5.89. The van der Waals surface area contributed by atoms with Crippen LogP contribution in [-0.2, 0) is 57.2 Å². The molecule has 0 bridgehead atoms. The van der Waals surface area contributed by atoms with E-state index in [0.29, 0.717) is 65.3 Å². The van der Waals surface area contributed by atoms with Crippen LogP contribution < -0.4 is 0 Å². The Hall–Kier alpha value is -2.64. The number of ether oxygens (including phenoxy) is 6. The molecule has 0 radical (unpaired) electrons. The Morgan fingerprint density at radius 2 is 0.578 bits per heavy atom. The second kappa shape index (κ2) is 58.4. The number of esters is 6. The Bertz CT molecular complexity index is 1500. The number of hydrogen-bond donors (Lipinski definition) is 0. The van der Waals surface area contributed by atoms with Crippen LogP contribution in [0.4, 0.5) is 0 Å². The lowest BCUT2D eigenvalue weighted by molar-refractivity contribution is -0.154. The summed E-state index contributed by atoms with van der Waals surface area (Å²) in [6, 6.07) is 0. The van der Waals surface area contributed by atoms with Gasteiger partial charge in [-0.1, -0.05) is 183 Å². The summed E-state index contributed by atoms with van der Waals surface area (Å²) >= 11 is 3.61. The van der Waals surface area contributed by atoms with Crippen molar-refractivity contribution >= 4 is 59.3 Å². The average molecular weight is 1220 g/mol. The van der Waals surface area contributed by atoms with Gasteiger partial charge >= 0.3 is 35.8 Å². The van der Waals surface area contributed by atoms with Crippen molar-refractivity contribution in [3.8, 4) is 0 Å². The van der Waals surface area contributed by atoms with E-state index in [9.17, 15) is 28.8 Å². The highest BCUT2D eigenvalue weighted by Crippen LogP contribution is 2.18. The zero-order chi connectivity index (χ0) is 61.4. The highest BCUT2D eigenvalue weighted by molar-refractivity contribution is 7.99. The standard InChI is InChI=1S/C65H124N4O12S2/c1-10-13-15-17-19-21-23-25-27-29-31-33-53-82-55-58(5)64(74)80-51-48-77-61(71)36-39-67(8)42-45-69(44-41-66(7)38-35-60(70)76-47-50-79-63(73)57(4)12-3)46-43-68(9)40-37-62(72)78-49-52-81-65(75)59(6)56-83-54-34-32-30-28-26-24-22-20-18-16-14-11-2/h57-59H,10-56H2,1-9H3. The van der Waals surface area contributed by atoms with Crippen LogP contribution in [-0.4, -0.2) is 198 Å². The lowest BCUT2D eigenvalue weighted by Crippen LogP contribution is -2.42. The van der Waals surface area contributed by atoms with Crippen LogP contribution in [0.1, 0.15) is 221 Å². The first-order chi connectivity index (χ1) is 40.1. The highest BCUT2D eigenvalue weighted by atomic mass is 32.2. The summed E-state index contributed by atoms with van der Waals surface area (Å²) in [4.78, 5) is 83.3. The predicted molar refractivity (Wildman–Crippen MR) is 343 cm³/mol. The molecule has 0 aromatic carbocycles. The molecular formula is C65H124N4O12S2. The molecule has 3 unspecified atom stereocenters. The fourth-order valence-corrected chi connectivity index (χ4v) is 11.0. The fraction of sp³-hybridized carbons (Fsp3) is 0.908. The molecule has 0 aromatic heterocycles. The lowest BCUT2D eigenvalue weighted by Gasteiger charge is -2.29. The van der Waals surface area contributed by atoms with Gasteiger partial charge in [0, 0.05) is 70.4 Å². The van der Waals surface area contributed by atoms with E-state index < -0.39 is 0 Å². The molecule has 0 amide bonds. The number of carbonyl (C=O) groups is 6. The lowest BCUT2D eigenvalue weighted by atomic mass is 10.1. The first-order valence-corrected chi connectivity index (χ1v) is 35.3. The van der Waals surface area contributed by atoms with Crippen molar-refractivity contribution in [2.24, 2.45) is 17.8 Å². The maximum Gasteiger partial charge on any atom is 0.309 e. The van der Waals surface area contributed by atoms with E-state index in [-0.39, 0.29) is 112 Å². The van der Waals surface area contributed by atoms with Crippen LogP contribution in [0.25, 0.3) is 0 Å². The number of carbonyl (C=O) groups excluding carboxylic acids is 6. The SMILES string of the molecule is CCCCCCCCCCCCCCSCC(C)C(=O)OCCOC(=O)CCN(C)CCN(CCN(C)CCC(=O)OCCOC(=O)C(C)CC)CCN(C)CCC(=O)OCCOC(=O)C(C)CSCCCCCCCCCCCCCC. The molecule has 488 valence electrons. The van der Waals surface area contributed by atoms with Gasteiger partial charge in [-0.05, 0) is 51.9 Å². The monoisotopic (exact) mass is 1220 g/mol. The Morgan fingerprint density at radius 1 is 0.325 bits per heavy atom. The summed E-state index contributed by atoms with van der Waals surface area (Å²) in [6.07, 6.45) is 33.2. The fourth-order valence-electron chi connectivity index (χ4n) is 8.90. The number of likely N-dealkylation sites (N-methyl/N-ethyl adjacent to an activating group) is 3. The topological polar surface area (TPSA) is 171 Å². The third kappa shape index (κ3) is 53.3. The van der Waals surface area contributed by atoms with Crippen LogP contribution in [0.15, 0.2) is 0 Å². The Morgan fingerprint density at radius 3 is 0.855 bits per heavy atom. The first-order valence-electron chi connectivity index (χ1n) is 33.0. The van der Waals surface area contributed by atoms with Gasteiger partial charge in [0.1, 0.15) is 39.6 Å². The molecule has 0 aliphatic heterocycles. The largest absolute Gasteiger partial charge is 0.462 e. The first kappa shape index (κ1) is 80.4. The molecule has 0 saturated heterocycles. The van der Waals surface area contributed by atoms with Gasteiger partial charge in [-0.2, -0.15) is 23.5 Å². The third-order valence-corrected chi connectivity index (χ3v) is 17.7. The van der Waals surface area contributed by atoms with Crippen LogP contribution >= 0.6 is 23.5 Å². The number of thioether (sulfide) groups is 2. The normalized spacial score (nSPS) is 12.7. The van der Waals surface area contributed by atoms with Crippen molar-refractivity contribution in [3.05, 3.63) is 0 Å².